The third kappa shape index (κ3) is 3.92. The predicted octanol–water partition coefficient (Wildman–Crippen LogP) is 6.67. The van der Waals surface area contributed by atoms with Gasteiger partial charge >= 0.3 is 0 Å². The highest BCUT2D eigenvalue weighted by Crippen LogP contribution is 2.49. The van der Waals surface area contributed by atoms with E-state index in [2.05, 4.69) is 46.9 Å². The van der Waals surface area contributed by atoms with E-state index in [1.165, 1.54) is 0 Å². The summed E-state index contributed by atoms with van der Waals surface area (Å²) in [5.41, 5.74) is 1.43. The van der Waals surface area contributed by atoms with Gasteiger partial charge in [0.1, 0.15) is 0 Å². The molecule has 0 fully saturated rings. The molecule has 2 atom stereocenters. The van der Waals surface area contributed by atoms with Crippen LogP contribution in [0.2, 0.25) is 0 Å². The van der Waals surface area contributed by atoms with Gasteiger partial charge in [-0.25, -0.2) is 0 Å². The number of hydrogen-bond acceptors (Lipinski definition) is 3. The van der Waals surface area contributed by atoms with Crippen LogP contribution in [-0.4, -0.2) is 17.5 Å². The molecule has 2 aromatic rings. The molecule has 1 aliphatic carbocycles. The molecular weight excluding hydrogens is 398 g/mol. The maximum absolute atomic E-state index is 13.7. The fourth-order valence-electron chi connectivity index (χ4n) is 4.93. The maximum atomic E-state index is 13.7. The van der Waals surface area contributed by atoms with Crippen LogP contribution < -0.4 is 5.32 Å². The SMILES string of the molecule is CCC(C)CC(C)(C(=O)Nc1ccc2c(c1)C(=O)c1ccccc1C2=O)C(C)(CC)CC. The summed E-state index contributed by atoms with van der Waals surface area (Å²) < 4.78 is 0. The van der Waals surface area contributed by atoms with E-state index in [-0.39, 0.29) is 22.9 Å². The summed E-state index contributed by atoms with van der Waals surface area (Å²) in [6.45, 7) is 12.9. The van der Waals surface area contributed by atoms with Crippen LogP contribution >= 0.6 is 0 Å². The lowest BCUT2D eigenvalue weighted by Gasteiger charge is -2.46. The topological polar surface area (TPSA) is 63.2 Å². The summed E-state index contributed by atoms with van der Waals surface area (Å²) in [6, 6.07) is 11.9. The Morgan fingerprint density at radius 2 is 1.41 bits per heavy atom. The number of anilines is 1. The van der Waals surface area contributed by atoms with E-state index in [4.69, 9.17) is 0 Å². The lowest BCUT2D eigenvalue weighted by Crippen LogP contribution is -2.47. The van der Waals surface area contributed by atoms with Gasteiger partial charge < -0.3 is 5.32 Å². The summed E-state index contributed by atoms with van der Waals surface area (Å²) in [4.78, 5) is 39.6. The average Bonchev–Trinajstić information content (AvgIpc) is 2.81. The molecule has 1 N–H and O–H groups in total. The number of ketones is 2. The number of carbonyl (C=O) groups excluding carboxylic acids is 3. The Bertz CT molecular complexity index is 1050. The zero-order valence-electron chi connectivity index (χ0n) is 20.2. The molecule has 2 unspecified atom stereocenters. The standard InChI is InChI=1S/C28H35NO3/c1-7-18(4)17-28(6,27(5,8-2)9-3)26(32)29-19-14-15-22-23(16-19)25(31)21-13-11-10-12-20(21)24(22)30/h10-16,18H,7-9,17H2,1-6H3,(H,29,32). The summed E-state index contributed by atoms with van der Waals surface area (Å²) in [7, 11) is 0. The van der Waals surface area contributed by atoms with E-state index in [0.717, 1.165) is 25.7 Å². The number of benzene rings is 2. The minimum absolute atomic E-state index is 0.0288. The van der Waals surface area contributed by atoms with Gasteiger partial charge in [0.05, 0.1) is 5.41 Å². The average molecular weight is 434 g/mol. The minimum atomic E-state index is -0.561. The maximum Gasteiger partial charge on any atom is 0.230 e. The quantitative estimate of drug-likeness (QED) is 0.431. The molecule has 0 saturated carbocycles. The molecule has 4 nitrogen and oxygen atoms in total. The highest BCUT2D eigenvalue weighted by atomic mass is 16.2. The molecule has 0 aromatic heterocycles. The van der Waals surface area contributed by atoms with Gasteiger partial charge in [-0.05, 0) is 48.8 Å². The fourth-order valence-corrected chi connectivity index (χ4v) is 4.93. The normalized spacial score (nSPS) is 16.1. The van der Waals surface area contributed by atoms with Gasteiger partial charge in [0.25, 0.3) is 0 Å². The molecule has 32 heavy (non-hydrogen) atoms. The first-order valence-corrected chi connectivity index (χ1v) is 11.8. The molecule has 3 rings (SSSR count). The Kier molecular flexibility index (Phi) is 6.73. The van der Waals surface area contributed by atoms with Crippen molar-refractivity contribution in [1.29, 1.82) is 0 Å². The monoisotopic (exact) mass is 433 g/mol. The predicted molar refractivity (Wildman–Crippen MR) is 129 cm³/mol. The van der Waals surface area contributed by atoms with Gasteiger partial charge in [-0.2, -0.15) is 0 Å². The van der Waals surface area contributed by atoms with Crippen molar-refractivity contribution in [2.75, 3.05) is 5.32 Å². The van der Waals surface area contributed by atoms with E-state index in [1.807, 2.05) is 0 Å². The van der Waals surface area contributed by atoms with E-state index in [9.17, 15) is 14.4 Å². The van der Waals surface area contributed by atoms with Crippen molar-refractivity contribution in [1.82, 2.24) is 0 Å². The second-order valence-corrected chi connectivity index (χ2v) is 9.74. The Hall–Kier alpha value is -2.75. The van der Waals surface area contributed by atoms with E-state index in [1.54, 1.807) is 42.5 Å². The second kappa shape index (κ2) is 9.01. The molecule has 0 aliphatic heterocycles. The first-order chi connectivity index (χ1) is 15.1. The molecule has 170 valence electrons. The van der Waals surface area contributed by atoms with Crippen molar-refractivity contribution >= 4 is 23.2 Å². The van der Waals surface area contributed by atoms with Crippen molar-refractivity contribution in [2.45, 2.75) is 67.2 Å². The number of carbonyl (C=O) groups is 3. The van der Waals surface area contributed by atoms with Crippen LogP contribution in [-0.2, 0) is 4.79 Å². The first kappa shape index (κ1) is 23.9. The number of hydrogen-bond donors (Lipinski definition) is 1. The van der Waals surface area contributed by atoms with Crippen molar-refractivity contribution in [3.8, 4) is 0 Å². The smallest absolute Gasteiger partial charge is 0.230 e. The van der Waals surface area contributed by atoms with Gasteiger partial charge in [0.15, 0.2) is 11.6 Å². The van der Waals surface area contributed by atoms with Crippen LogP contribution in [0.1, 0.15) is 99.1 Å². The van der Waals surface area contributed by atoms with Crippen LogP contribution in [0.5, 0.6) is 0 Å². The lowest BCUT2D eigenvalue weighted by molar-refractivity contribution is -0.134. The molecule has 4 heteroatoms. The van der Waals surface area contributed by atoms with Crippen molar-refractivity contribution < 1.29 is 14.4 Å². The molecule has 0 spiro atoms. The Morgan fingerprint density at radius 1 is 0.875 bits per heavy atom. The van der Waals surface area contributed by atoms with Crippen LogP contribution in [0.15, 0.2) is 42.5 Å². The molecule has 0 heterocycles. The molecule has 0 bridgehead atoms. The summed E-state index contributed by atoms with van der Waals surface area (Å²) >= 11 is 0. The van der Waals surface area contributed by atoms with Gasteiger partial charge in [-0.1, -0.05) is 72.2 Å². The Morgan fingerprint density at radius 3 is 1.94 bits per heavy atom. The molecule has 0 saturated heterocycles. The van der Waals surface area contributed by atoms with E-state index in [0.29, 0.717) is 33.9 Å². The Balaban J connectivity index is 1.96. The van der Waals surface area contributed by atoms with Crippen LogP contribution in [0.25, 0.3) is 0 Å². The van der Waals surface area contributed by atoms with Gasteiger partial charge in [0.2, 0.25) is 5.91 Å². The molecular formula is C28H35NO3. The summed E-state index contributed by atoms with van der Waals surface area (Å²) in [6.07, 6.45) is 3.61. The molecule has 2 aromatic carbocycles. The fraction of sp³-hybridized carbons (Fsp3) is 0.464. The minimum Gasteiger partial charge on any atom is -0.326 e. The molecule has 1 amide bonds. The first-order valence-electron chi connectivity index (χ1n) is 11.8. The van der Waals surface area contributed by atoms with E-state index >= 15 is 0 Å². The zero-order valence-corrected chi connectivity index (χ0v) is 20.2. The lowest BCUT2D eigenvalue weighted by atomic mass is 9.58. The summed E-state index contributed by atoms with van der Waals surface area (Å²) in [5.74, 6) is 0.0567. The van der Waals surface area contributed by atoms with Crippen molar-refractivity contribution in [3.63, 3.8) is 0 Å². The number of fused-ring (bicyclic) bond motifs is 2. The van der Waals surface area contributed by atoms with Gasteiger partial charge in [0, 0.05) is 27.9 Å². The van der Waals surface area contributed by atoms with Crippen LogP contribution in [0, 0.1) is 16.7 Å². The largest absolute Gasteiger partial charge is 0.326 e. The number of nitrogens with one attached hydrogen (secondary N) is 1. The second-order valence-electron chi connectivity index (χ2n) is 9.74. The van der Waals surface area contributed by atoms with Gasteiger partial charge in [-0.3, -0.25) is 14.4 Å². The van der Waals surface area contributed by atoms with Crippen molar-refractivity contribution in [2.24, 2.45) is 16.7 Å². The van der Waals surface area contributed by atoms with Crippen LogP contribution in [0.3, 0.4) is 0 Å². The highest BCUT2D eigenvalue weighted by molar-refractivity contribution is 6.28. The highest BCUT2D eigenvalue weighted by Gasteiger charge is 2.48. The third-order valence-corrected chi connectivity index (χ3v) is 8.03. The van der Waals surface area contributed by atoms with Gasteiger partial charge in [-0.15, -0.1) is 0 Å². The molecule has 1 aliphatic rings. The Labute approximate surface area is 191 Å². The molecule has 0 radical (unpaired) electrons. The van der Waals surface area contributed by atoms with Crippen LogP contribution in [0.4, 0.5) is 5.69 Å². The summed E-state index contributed by atoms with van der Waals surface area (Å²) in [5, 5.41) is 3.09. The number of rotatable bonds is 8. The third-order valence-electron chi connectivity index (χ3n) is 8.03. The van der Waals surface area contributed by atoms with E-state index < -0.39 is 5.41 Å². The zero-order chi connectivity index (χ0) is 23.7. The van der Waals surface area contributed by atoms with Crippen molar-refractivity contribution in [3.05, 3.63) is 64.7 Å². The number of amides is 1.